The zero-order chi connectivity index (χ0) is 11.7. The summed E-state index contributed by atoms with van der Waals surface area (Å²) in [5.74, 6) is 0. The fraction of sp³-hybridized carbons (Fsp3) is 0.455. The summed E-state index contributed by atoms with van der Waals surface area (Å²) in [5, 5.41) is 5.02. The fourth-order valence-electron chi connectivity index (χ4n) is 1.93. The molecule has 1 saturated heterocycles. The summed E-state index contributed by atoms with van der Waals surface area (Å²) in [6.07, 6.45) is 1.68. The number of nitrogens with two attached hydrogens (primary N) is 1. The zero-order valence-electron chi connectivity index (χ0n) is 9.26. The van der Waals surface area contributed by atoms with Gasteiger partial charge in [-0.25, -0.2) is 9.97 Å². The van der Waals surface area contributed by atoms with Gasteiger partial charge in [0.25, 0.3) is 0 Å². The molecule has 0 bridgehead atoms. The molecule has 0 aliphatic carbocycles. The molecule has 0 radical (unpaired) electrons. The second-order valence-corrected chi connectivity index (χ2v) is 5.76. The lowest BCUT2D eigenvalue weighted by Crippen LogP contribution is -2.42. The van der Waals surface area contributed by atoms with Crippen LogP contribution in [-0.2, 0) is 10.3 Å². The Morgan fingerprint density at radius 3 is 2.82 bits per heavy atom. The van der Waals surface area contributed by atoms with Crippen molar-refractivity contribution in [2.75, 3.05) is 13.2 Å². The van der Waals surface area contributed by atoms with Crippen molar-refractivity contribution in [2.24, 2.45) is 5.73 Å². The molecule has 0 aromatic carbocycles. The molecule has 1 fully saturated rings. The lowest BCUT2D eigenvalue weighted by atomic mass is 9.88. The minimum Gasteiger partial charge on any atom is -0.381 e. The van der Waals surface area contributed by atoms with E-state index in [0.717, 1.165) is 42.5 Å². The quantitative estimate of drug-likeness (QED) is 0.906. The Kier molecular flexibility index (Phi) is 2.96. The van der Waals surface area contributed by atoms with Gasteiger partial charge in [0.15, 0.2) is 0 Å². The van der Waals surface area contributed by atoms with Crippen LogP contribution in [0.25, 0.3) is 10.7 Å². The second kappa shape index (κ2) is 4.45. The number of ether oxygens (including phenoxy) is 1. The Morgan fingerprint density at radius 2 is 2.12 bits per heavy atom. The summed E-state index contributed by atoms with van der Waals surface area (Å²) in [6.45, 7) is 1.44. The molecule has 2 aromatic rings. The molecule has 0 atom stereocenters. The van der Waals surface area contributed by atoms with Gasteiger partial charge in [0.05, 0.1) is 16.7 Å². The van der Waals surface area contributed by atoms with Gasteiger partial charge in [-0.2, -0.15) is 0 Å². The zero-order valence-corrected chi connectivity index (χ0v) is 10.9. The van der Waals surface area contributed by atoms with Gasteiger partial charge >= 0.3 is 0 Å². The minimum atomic E-state index is -0.316. The van der Waals surface area contributed by atoms with Crippen molar-refractivity contribution in [3.05, 3.63) is 22.0 Å². The van der Waals surface area contributed by atoms with Gasteiger partial charge in [-0.05, 0) is 12.8 Å². The molecule has 6 heteroatoms. The molecule has 17 heavy (non-hydrogen) atoms. The fourth-order valence-corrected chi connectivity index (χ4v) is 3.44. The first kappa shape index (κ1) is 11.3. The highest BCUT2D eigenvalue weighted by Gasteiger charge is 2.32. The lowest BCUT2D eigenvalue weighted by molar-refractivity contribution is 0.0510. The van der Waals surface area contributed by atoms with Crippen LogP contribution in [0.15, 0.2) is 16.3 Å². The van der Waals surface area contributed by atoms with Crippen LogP contribution in [-0.4, -0.2) is 23.2 Å². The van der Waals surface area contributed by atoms with Crippen molar-refractivity contribution in [1.29, 1.82) is 0 Å². The van der Waals surface area contributed by atoms with Crippen molar-refractivity contribution in [3.63, 3.8) is 0 Å². The lowest BCUT2D eigenvalue weighted by Gasteiger charge is -2.31. The first-order chi connectivity index (χ1) is 8.28. The van der Waals surface area contributed by atoms with Gasteiger partial charge < -0.3 is 10.5 Å². The van der Waals surface area contributed by atoms with Crippen LogP contribution < -0.4 is 5.73 Å². The minimum absolute atomic E-state index is 0.316. The number of thiazole rings is 2. The van der Waals surface area contributed by atoms with E-state index < -0.39 is 0 Å². The summed E-state index contributed by atoms with van der Waals surface area (Å²) in [7, 11) is 0. The van der Waals surface area contributed by atoms with E-state index in [9.17, 15) is 0 Å². The average Bonchev–Trinajstić information content (AvgIpc) is 3.01. The molecule has 1 aliphatic rings. The first-order valence-corrected chi connectivity index (χ1v) is 7.31. The standard InChI is InChI=1S/C11H13N3OS2/c12-11(1-3-15-4-2-11)9-6-17-10(14-9)8-5-16-7-13-8/h5-7H,1-4,12H2. The van der Waals surface area contributed by atoms with Crippen LogP contribution in [0.4, 0.5) is 0 Å². The normalized spacial score (nSPS) is 19.4. The van der Waals surface area contributed by atoms with E-state index in [1.54, 1.807) is 22.7 Å². The molecule has 3 heterocycles. The maximum Gasteiger partial charge on any atom is 0.143 e. The van der Waals surface area contributed by atoms with Crippen molar-refractivity contribution in [2.45, 2.75) is 18.4 Å². The van der Waals surface area contributed by atoms with Crippen LogP contribution in [0.3, 0.4) is 0 Å². The molecule has 0 spiro atoms. The molecular weight excluding hydrogens is 254 g/mol. The average molecular weight is 267 g/mol. The maximum atomic E-state index is 6.39. The van der Waals surface area contributed by atoms with E-state index in [-0.39, 0.29) is 5.54 Å². The highest BCUT2D eigenvalue weighted by molar-refractivity contribution is 7.13. The van der Waals surface area contributed by atoms with E-state index in [1.807, 2.05) is 10.9 Å². The number of hydrogen-bond donors (Lipinski definition) is 1. The van der Waals surface area contributed by atoms with Crippen LogP contribution in [0, 0.1) is 0 Å². The number of nitrogens with zero attached hydrogens (tertiary/aromatic N) is 2. The van der Waals surface area contributed by atoms with Crippen LogP contribution in [0.2, 0.25) is 0 Å². The van der Waals surface area contributed by atoms with Gasteiger partial charge in [-0.3, -0.25) is 0 Å². The summed E-state index contributed by atoms with van der Waals surface area (Å²) >= 11 is 3.19. The van der Waals surface area contributed by atoms with Crippen LogP contribution in [0.1, 0.15) is 18.5 Å². The van der Waals surface area contributed by atoms with E-state index in [2.05, 4.69) is 15.3 Å². The third-order valence-corrected chi connectivity index (χ3v) is 4.50. The Hall–Kier alpha value is -0.820. The predicted octanol–water partition coefficient (Wildman–Crippen LogP) is 2.23. The Bertz CT molecular complexity index is 489. The van der Waals surface area contributed by atoms with E-state index in [1.165, 1.54) is 0 Å². The van der Waals surface area contributed by atoms with Crippen molar-refractivity contribution >= 4 is 22.7 Å². The van der Waals surface area contributed by atoms with Gasteiger partial charge in [-0.15, -0.1) is 22.7 Å². The van der Waals surface area contributed by atoms with E-state index in [4.69, 9.17) is 10.5 Å². The second-order valence-electron chi connectivity index (χ2n) is 4.18. The van der Waals surface area contributed by atoms with Gasteiger partial charge in [0.2, 0.25) is 0 Å². The highest BCUT2D eigenvalue weighted by atomic mass is 32.1. The molecular formula is C11H13N3OS2. The highest BCUT2D eigenvalue weighted by Crippen LogP contribution is 2.33. The van der Waals surface area contributed by atoms with Crippen LogP contribution in [0.5, 0.6) is 0 Å². The van der Waals surface area contributed by atoms with Crippen molar-refractivity contribution in [1.82, 2.24) is 9.97 Å². The summed E-state index contributed by atoms with van der Waals surface area (Å²) < 4.78 is 5.35. The van der Waals surface area contributed by atoms with E-state index >= 15 is 0 Å². The molecule has 90 valence electrons. The molecule has 3 rings (SSSR count). The monoisotopic (exact) mass is 267 g/mol. The molecule has 4 nitrogen and oxygen atoms in total. The SMILES string of the molecule is NC1(c2csc(-c3cscn3)n2)CCOCC1. The van der Waals surface area contributed by atoms with Crippen LogP contribution >= 0.6 is 22.7 Å². The molecule has 1 aliphatic heterocycles. The topological polar surface area (TPSA) is 61.0 Å². The number of hydrogen-bond acceptors (Lipinski definition) is 6. The molecule has 0 unspecified atom stereocenters. The van der Waals surface area contributed by atoms with Gasteiger partial charge in [0, 0.05) is 24.0 Å². The third kappa shape index (κ3) is 2.13. The Balaban J connectivity index is 1.89. The molecule has 0 amide bonds. The number of aromatic nitrogens is 2. The summed E-state index contributed by atoms with van der Waals surface area (Å²) in [6, 6.07) is 0. The first-order valence-electron chi connectivity index (χ1n) is 5.49. The predicted molar refractivity (Wildman–Crippen MR) is 69.1 cm³/mol. The Labute approximate surface area is 107 Å². The molecule has 0 saturated carbocycles. The molecule has 2 N–H and O–H groups in total. The van der Waals surface area contributed by atoms with Crippen molar-refractivity contribution in [3.8, 4) is 10.7 Å². The van der Waals surface area contributed by atoms with E-state index in [0.29, 0.717) is 0 Å². The van der Waals surface area contributed by atoms with Crippen molar-refractivity contribution < 1.29 is 4.74 Å². The Morgan fingerprint density at radius 1 is 1.29 bits per heavy atom. The largest absolute Gasteiger partial charge is 0.381 e. The van der Waals surface area contributed by atoms with Gasteiger partial charge in [-0.1, -0.05) is 0 Å². The molecule has 2 aromatic heterocycles. The summed E-state index contributed by atoms with van der Waals surface area (Å²) in [5.41, 5.74) is 9.83. The smallest absolute Gasteiger partial charge is 0.143 e. The van der Waals surface area contributed by atoms with Gasteiger partial charge in [0.1, 0.15) is 10.7 Å². The number of rotatable bonds is 2. The summed E-state index contributed by atoms with van der Waals surface area (Å²) in [4.78, 5) is 8.90. The maximum absolute atomic E-state index is 6.39. The third-order valence-electron chi connectivity index (χ3n) is 3.05.